The molecule has 3 aromatic rings. The van der Waals surface area contributed by atoms with Crippen LogP contribution in [0.25, 0.3) is 0 Å². The zero-order chi connectivity index (χ0) is 27.3. The molecule has 0 saturated heterocycles. The molecule has 1 heterocycles. The van der Waals surface area contributed by atoms with E-state index in [-0.39, 0.29) is 12.5 Å². The zero-order valence-electron chi connectivity index (χ0n) is 21.7. The molecule has 1 aliphatic rings. The molecule has 3 aromatic carbocycles. The number of carboxylic acid groups (broad SMARTS) is 1. The summed E-state index contributed by atoms with van der Waals surface area (Å²) in [5.74, 6) is 0.413. The van der Waals surface area contributed by atoms with Crippen LogP contribution in [-0.2, 0) is 29.3 Å². The molecule has 39 heavy (non-hydrogen) atoms. The molecule has 0 radical (unpaired) electrons. The van der Waals surface area contributed by atoms with Crippen molar-refractivity contribution < 1.29 is 24.2 Å². The normalized spacial score (nSPS) is 13.0. The maximum atomic E-state index is 13.6. The second-order valence-electron chi connectivity index (χ2n) is 9.17. The van der Waals surface area contributed by atoms with Crippen molar-refractivity contribution in [3.63, 3.8) is 0 Å². The summed E-state index contributed by atoms with van der Waals surface area (Å²) in [4.78, 5) is 28.6. The van der Waals surface area contributed by atoms with Gasteiger partial charge in [-0.1, -0.05) is 72.8 Å². The van der Waals surface area contributed by atoms with Crippen molar-refractivity contribution >= 4 is 12.0 Å². The van der Waals surface area contributed by atoms with Gasteiger partial charge in [0.2, 0.25) is 5.91 Å². The molecule has 1 unspecified atom stereocenters. The van der Waals surface area contributed by atoms with E-state index in [2.05, 4.69) is 10.6 Å². The average molecular weight is 531 g/mol. The molecule has 9 nitrogen and oxygen atoms in total. The summed E-state index contributed by atoms with van der Waals surface area (Å²) in [6.45, 7) is 2.54. The highest BCUT2D eigenvalue weighted by Crippen LogP contribution is 2.16. The Kier molecular flexibility index (Phi) is 10.2. The number of benzene rings is 3. The third-order valence-electron chi connectivity index (χ3n) is 6.18. The van der Waals surface area contributed by atoms with Crippen LogP contribution in [0.2, 0.25) is 0 Å². The molecule has 4 rings (SSSR count). The van der Waals surface area contributed by atoms with Crippen molar-refractivity contribution in [3.05, 3.63) is 114 Å². The predicted octanol–water partition coefficient (Wildman–Crippen LogP) is 3.78. The summed E-state index contributed by atoms with van der Waals surface area (Å²) >= 11 is 0. The fraction of sp³-hybridized carbons (Fsp3) is 0.267. The van der Waals surface area contributed by atoms with E-state index in [9.17, 15) is 14.7 Å². The minimum atomic E-state index is -1.25. The number of carbonyl (C=O) groups excluding carboxylic acids is 1. The summed E-state index contributed by atoms with van der Waals surface area (Å²) in [6.07, 6.45) is 2.31. The van der Waals surface area contributed by atoms with Gasteiger partial charge in [-0.25, -0.2) is 4.79 Å². The van der Waals surface area contributed by atoms with Gasteiger partial charge in [-0.2, -0.15) is 0 Å². The largest absolute Gasteiger partial charge is 0.489 e. The molecule has 1 aliphatic heterocycles. The van der Waals surface area contributed by atoms with Gasteiger partial charge in [-0.05, 0) is 28.8 Å². The van der Waals surface area contributed by atoms with Crippen molar-refractivity contribution in [3.8, 4) is 5.75 Å². The van der Waals surface area contributed by atoms with Crippen molar-refractivity contribution in [2.24, 2.45) is 0 Å². The number of amides is 2. The first-order chi connectivity index (χ1) is 19.1. The predicted molar refractivity (Wildman–Crippen MR) is 148 cm³/mol. The van der Waals surface area contributed by atoms with Gasteiger partial charge < -0.3 is 35.0 Å². The van der Waals surface area contributed by atoms with Crippen LogP contribution in [0.4, 0.5) is 4.79 Å². The molecule has 2 amide bonds. The lowest BCUT2D eigenvalue weighted by Crippen LogP contribution is -2.53. The molecule has 0 saturated carbocycles. The fourth-order valence-electron chi connectivity index (χ4n) is 4.15. The smallest absolute Gasteiger partial charge is 0.405 e. The second kappa shape index (κ2) is 14.4. The monoisotopic (exact) mass is 530 g/mol. The number of hydrogen-bond acceptors (Lipinski definition) is 6. The fourth-order valence-corrected chi connectivity index (χ4v) is 4.15. The van der Waals surface area contributed by atoms with Crippen LogP contribution in [0.5, 0.6) is 5.75 Å². The summed E-state index contributed by atoms with van der Waals surface area (Å²) in [5, 5.41) is 14.8. The SMILES string of the molecule is O=C(O)NC(CN1C=CNC1)C(=O)N(CCOCc1ccccc1)Cc1ccc(OCc2ccccc2)cc1. The van der Waals surface area contributed by atoms with Gasteiger partial charge in [0.25, 0.3) is 0 Å². The van der Waals surface area contributed by atoms with Gasteiger partial charge in [0.1, 0.15) is 18.4 Å². The van der Waals surface area contributed by atoms with Crippen molar-refractivity contribution in [2.75, 3.05) is 26.4 Å². The van der Waals surface area contributed by atoms with Gasteiger partial charge in [0, 0.05) is 32.0 Å². The molecule has 0 fully saturated rings. The molecule has 1 atom stereocenters. The number of rotatable bonds is 14. The third-order valence-corrected chi connectivity index (χ3v) is 6.18. The van der Waals surface area contributed by atoms with E-state index >= 15 is 0 Å². The molecular formula is C30H34N4O5. The van der Waals surface area contributed by atoms with Gasteiger partial charge in [-0.3, -0.25) is 4.79 Å². The molecular weight excluding hydrogens is 496 g/mol. The molecule has 3 N–H and O–H groups in total. The van der Waals surface area contributed by atoms with Gasteiger partial charge in [0.05, 0.1) is 19.9 Å². The number of ether oxygens (including phenoxy) is 2. The first kappa shape index (κ1) is 27.5. The summed E-state index contributed by atoms with van der Waals surface area (Å²) < 4.78 is 11.7. The lowest BCUT2D eigenvalue weighted by Gasteiger charge is -2.29. The standard InChI is InChI=1S/C30H34N4O5/c35-29(28(32-30(36)37)20-33-16-15-31-23-33)34(17-18-38-21-25-7-3-1-4-8-25)19-24-11-13-27(14-12-24)39-22-26-9-5-2-6-10-26/h1-16,28,31-32H,17-23H2,(H,36,37). The van der Waals surface area contributed by atoms with Gasteiger partial charge >= 0.3 is 6.09 Å². The second-order valence-corrected chi connectivity index (χ2v) is 9.17. The Morgan fingerprint density at radius 3 is 2.21 bits per heavy atom. The Labute approximate surface area is 228 Å². The van der Waals surface area contributed by atoms with Crippen molar-refractivity contribution in [1.29, 1.82) is 0 Å². The van der Waals surface area contributed by atoms with Crippen LogP contribution in [0.15, 0.2) is 97.3 Å². The maximum absolute atomic E-state index is 13.6. The highest BCUT2D eigenvalue weighted by Gasteiger charge is 2.28. The molecule has 0 aliphatic carbocycles. The Balaban J connectivity index is 1.41. The van der Waals surface area contributed by atoms with Crippen molar-refractivity contribution in [2.45, 2.75) is 25.8 Å². The van der Waals surface area contributed by atoms with Crippen LogP contribution in [0, 0.1) is 0 Å². The lowest BCUT2D eigenvalue weighted by atomic mass is 10.1. The molecule has 9 heteroatoms. The zero-order valence-corrected chi connectivity index (χ0v) is 21.7. The van der Waals surface area contributed by atoms with Crippen LogP contribution < -0.4 is 15.4 Å². The third kappa shape index (κ3) is 9.08. The van der Waals surface area contributed by atoms with E-state index in [4.69, 9.17) is 9.47 Å². The molecule has 0 bridgehead atoms. The first-order valence-corrected chi connectivity index (χ1v) is 12.9. The molecule has 0 spiro atoms. The Bertz CT molecular complexity index is 1210. The first-order valence-electron chi connectivity index (χ1n) is 12.9. The minimum Gasteiger partial charge on any atom is -0.489 e. The lowest BCUT2D eigenvalue weighted by molar-refractivity contribution is -0.135. The topological polar surface area (TPSA) is 103 Å². The summed E-state index contributed by atoms with van der Waals surface area (Å²) in [7, 11) is 0. The highest BCUT2D eigenvalue weighted by atomic mass is 16.5. The minimum absolute atomic E-state index is 0.211. The quantitative estimate of drug-likeness (QED) is 0.273. The average Bonchev–Trinajstić information content (AvgIpc) is 3.47. The van der Waals surface area contributed by atoms with E-state index in [0.717, 1.165) is 22.4 Å². The highest BCUT2D eigenvalue weighted by molar-refractivity contribution is 5.85. The van der Waals surface area contributed by atoms with Gasteiger partial charge in [0.15, 0.2) is 0 Å². The maximum Gasteiger partial charge on any atom is 0.405 e. The van der Waals surface area contributed by atoms with Crippen LogP contribution in [-0.4, -0.2) is 59.3 Å². The van der Waals surface area contributed by atoms with Crippen LogP contribution >= 0.6 is 0 Å². The summed E-state index contributed by atoms with van der Waals surface area (Å²) in [6, 6.07) is 26.4. The van der Waals surface area contributed by atoms with E-state index in [1.165, 1.54) is 0 Å². The summed E-state index contributed by atoms with van der Waals surface area (Å²) in [5.41, 5.74) is 3.02. The van der Waals surface area contributed by atoms with Crippen molar-refractivity contribution in [1.82, 2.24) is 20.4 Å². The molecule has 0 aromatic heterocycles. The number of nitrogens with zero attached hydrogens (tertiary/aromatic N) is 2. The van der Waals surface area contributed by atoms with Crippen LogP contribution in [0.3, 0.4) is 0 Å². The van der Waals surface area contributed by atoms with Crippen LogP contribution in [0.1, 0.15) is 16.7 Å². The van der Waals surface area contributed by atoms with E-state index < -0.39 is 12.1 Å². The van der Waals surface area contributed by atoms with Gasteiger partial charge in [-0.15, -0.1) is 0 Å². The molecule has 204 valence electrons. The number of nitrogens with one attached hydrogen (secondary N) is 2. The number of hydrogen-bond donors (Lipinski definition) is 3. The van der Waals surface area contributed by atoms with E-state index in [1.54, 1.807) is 17.3 Å². The number of carbonyl (C=O) groups is 2. The Morgan fingerprint density at radius 1 is 0.923 bits per heavy atom. The van der Waals surface area contributed by atoms with E-state index in [0.29, 0.717) is 39.6 Å². The van der Waals surface area contributed by atoms with E-state index in [1.807, 2.05) is 89.8 Å². The Morgan fingerprint density at radius 2 is 1.59 bits per heavy atom. The Hall–Kier alpha value is -4.50.